The van der Waals surface area contributed by atoms with Crippen LogP contribution < -0.4 is 4.74 Å². The Kier molecular flexibility index (Phi) is 6.24. The molecule has 0 saturated heterocycles. The third kappa shape index (κ3) is 4.61. The van der Waals surface area contributed by atoms with E-state index in [2.05, 4.69) is 9.97 Å². The molecule has 7 nitrogen and oxygen atoms in total. The van der Waals surface area contributed by atoms with Gasteiger partial charge >= 0.3 is 5.95 Å². The Morgan fingerprint density at radius 1 is 1.35 bits per heavy atom. The Hall–Kier alpha value is -2.39. The second kappa shape index (κ2) is 8.81. The molecular formula is C17H18N4O3S2. The van der Waals surface area contributed by atoms with Crippen LogP contribution in [0.15, 0.2) is 46.5 Å². The largest absolute Gasteiger partial charge is 0.493 e. The van der Waals surface area contributed by atoms with Gasteiger partial charge in [0.25, 0.3) is 0 Å². The topological polar surface area (TPSA) is 83.1 Å². The molecule has 1 aromatic carbocycles. The molecule has 0 saturated carbocycles. The van der Waals surface area contributed by atoms with Crippen LogP contribution in [0.5, 0.6) is 5.75 Å². The van der Waals surface area contributed by atoms with Crippen molar-refractivity contribution in [3.8, 4) is 5.75 Å². The van der Waals surface area contributed by atoms with E-state index in [1.165, 1.54) is 10.8 Å². The molecule has 0 aliphatic carbocycles. The van der Waals surface area contributed by atoms with Gasteiger partial charge in [0.05, 0.1) is 13.2 Å². The molecule has 0 N–H and O–H groups in total. The molecule has 3 rings (SSSR count). The quantitative estimate of drug-likeness (QED) is 0.236. The maximum Gasteiger partial charge on any atom is 0.434 e. The van der Waals surface area contributed by atoms with Crippen molar-refractivity contribution < 1.29 is 9.66 Å². The molecule has 0 bridgehead atoms. The van der Waals surface area contributed by atoms with Gasteiger partial charge in [0.1, 0.15) is 22.5 Å². The summed E-state index contributed by atoms with van der Waals surface area (Å²) < 4.78 is 8.50. The standard InChI is InChI=1S/C17H18N4O3S2/c1-13-14(12-20-8-6-18-16(20)21(22)23)4-2-5-15(13)24-9-3-10-25-17-19-7-11-26-17/h2,4-8,11H,3,9-10,12H2,1H3. The van der Waals surface area contributed by atoms with Crippen LogP contribution >= 0.6 is 23.1 Å². The maximum atomic E-state index is 11.0. The first-order valence-electron chi connectivity index (χ1n) is 8.04. The normalized spacial score (nSPS) is 10.8. The third-order valence-corrected chi connectivity index (χ3v) is 5.83. The fraction of sp³-hybridized carbons (Fsp3) is 0.294. The number of benzene rings is 1. The van der Waals surface area contributed by atoms with Crippen LogP contribution in [0.3, 0.4) is 0 Å². The Labute approximate surface area is 159 Å². The zero-order valence-corrected chi connectivity index (χ0v) is 15.8. The van der Waals surface area contributed by atoms with Gasteiger partial charge in [0, 0.05) is 17.3 Å². The number of rotatable bonds is 9. The first kappa shape index (κ1) is 18.4. The van der Waals surface area contributed by atoms with Gasteiger partial charge in [0.15, 0.2) is 0 Å². The van der Waals surface area contributed by atoms with E-state index in [1.54, 1.807) is 29.3 Å². The van der Waals surface area contributed by atoms with Gasteiger partial charge in [-0.15, -0.1) is 11.3 Å². The molecule has 2 aromatic heterocycles. The highest BCUT2D eigenvalue weighted by Gasteiger charge is 2.16. The molecule has 0 aliphatic rings. The van der Waals surface area contributed by atoms with Crippen molar-refractivity contribution in [1.29, 1.82) is 0 Å². The van der Waals surface area contributed by atoms with E-state index in [0.29, 0.717) is 13.2 Å². The molecule has 0 atom stereocenters. The highest BCUT2D eigenvalue weighted by molar-refractivity contribution is 8.00. The Morgan fingerprint density at radius 2 is 2.23 bits per heavy atom. The van der Waals surface area contributed by atoms with E-state index in [4.69, 9.17) is 4.74 Å². The number of imidazole rings is 1. The number of nitro groups is 1. The molecule has 0 aliphatic heterocycles. The van der Waals surface area contributed by atoms with Crippen LogP contribution in [0.25, 0.3) is 0 Å². The smallest absolute Gasteiger partial charge is 0.434 e. The highest BCUT2D eigenvalue weighted by atomic mass is 32.2. The minimum Gasteiger partial charge on any atom is -0.493 e. The lowest BCUT2D eigenvalue weighted by atomic mass is 10.1. The molecule has 0 fully saturated rings. The lowest BCUT2D eigenvalue weighted by Gasteiger charge is -2.12. The number of aromatic nitrogens is 3. The number of ether oxygens (including phenoxy) is 1. The van der Waals surface area contributed by atoms with Crippen molar-refractivity contribution >= 4 is 29.0 Å². The number of thioether (sulfide) groups is 1. The minimum absolute atomic E-state index is 0.157. The summed E-state index contributed by atoms with van der Waals surface area (Å²) in [5, 5.41) is 13.0. The van der Waals surface area contributed by atoms with E-state index in [1.807, 2.05) is 36.7 Å². The number of thiazole rings is 1. The van der Waals surface area contributed by atoms with E-state index in [0.717, 1.165) is 33.4 Å². The van der Waals surface area contributed by atoms with E-state index in [-0.39, 0.29) is 5.95 Å². The predicted octanol–water partition coefficient (Wildman–Crippen LogP) is 4.17. The summed E-state index contributed by atoms with van der Waals surface area (Å²) >= 11 is 3.37. The van der Waals surface area contributed by atoms with Gasteiger partial charge < -0.3 is 14.9 Å². The summed E-state index contributed by atoms with van der Waals surface area (Å²) in [6.07, 6.45) is 5.78. The molecule has 9 heteroatoms. The van der Waals surface area contributed by atoms with Gasteiger partial charge in [0.2, 0.25) is 0 Å². The summed E-state index contributed by atoms with van der Waals surface area (Å²) in [6.45, 7) is 2.98. The summed E-state index contributed by atoms with van der Waals surface area (Å²) in [5.74, 6) is 1.60. The maximum absolute atomic E-state index is 11.0. The third-order valence-electron chi connectivity index (χ3n) is 3.78. The lowest BCUT2D eigenvalue weighted by molar-refractivity contribution is -0.396. The molecule has 0 radical (unpaired) electrons. The van der Waals surface area contributed by atoms with Crippen LogP contribution in [-0.4, -0.2) is 31.8 Å². The first-order valence-corrected chi connectivity index (χ1v) is 9.91. The molecule has 136 valence electrons. The summed E-state index contributed by atoms with van der Waals surface area (Å²) in [4.78, 5) is 18.5. The highest BCUT2D eigenvalue weighted by Crippen LogP contribution is 2.24. The molecule has 26 heavy (non-hydrogen) atoms. The summed E-state index contributed by atoms with van der Waals surface area (Å²) in [7, 11) is 0. The van der Waals surface area contributed by atoms with Gasteiger partial charge in [-0.1, -0.05) is 28.9 Å². The van der Waals surface area contributed by atoms with Crippen molar-refractivity contribution in [1.82, 2.24) is 14.5 Å². The van der Waals surface area contributed by atoms with Crippen LogP contribution in [0.2, 0.25) is 0 Å². The Morgan fingerprint density at radius 3 is 3.00 bits per heavy atom. The molecule has 2 heterocycles. The molecule has 3 aromatic rings. The SMILES string of the molecule is Cc1c(Cn2ccnc2[N+](=O)[O-])cccc1OCCCSc1nccs1. The summed E-state index contributed by atoms with van der Waals surface area (Å²) in [5.41, 5.74) is 1.96. The van der Waals surface area contributed by atoms with E-state index in [9.17, 15) is 10.1 Å². The number of hydrogen-bond acceptors (Lipinski definition) is 7. The fourth-order valence-electron chi connectivity index (χ4n) is 2.45. The van der Waals surface area contributed by atoms with Gasteiger partial charge in [-0.25, -0.2) is 9.55 Å². The average Bonchev–Trinajstić information content (AvgIpc) is 3.29. The molecule has 0 unspecified atom stereocenters. The minimum atomic E-state index is -0.476. The predicted molar refractivity (Wildman–Crippen MR) is 102 cm³/mol. The van der Waals surface area contributed by atoms with Gasteiger partial charge in [-0.05, 0) is 35.5 Å². The van der Waals surface area contributed by atoms with Crippen molar-refractivity contribution in [3.63, 3.8) is 0 Å². The zero-order chi connectivity index (χ0) is 18.4. The van der Waals surface area contributed by atoms with Crippen LogP contribution in [0.1, 0.15) is 17.5 Å². The second-order valence-corrected chi connectivity index (χ2v) is 7.74. The first-order chi connectivity index (χ1) is 12.6. The molecule has 0 spiro atoms. The van der Waals surface area contributed by atoms with Gasteiger partial charge in [-0.2, -0.15) is 0 Å². The Balaban J connectivity index is 1.56. The zero-order valence-electron chi connectivity index (χ0n) is 14.2. The van der Waals surface area contributed by atoms with Crippen molar-refractivity contribution in [2.24, 2.45) is 0 Å². The second-order valence-electron chi connectivity index (χ2n) is 5.50. The molecular weight excluding hydrogens is 372 g/mol. The van der Waals surface area contributed by atoms with Gasteiger partial charge in [-0.3, -0.25) is 0 Å². The Bertz CT molecular complexity index is 865. The van der Waals surface area contributed by atoms with Crippen LogP contribution in [0, 0.1) is 17.0 Å². The monoisotopic (exact) mass is 390 g/mol. The van der Waals surface area contributed by atoms with Crippen LogP contribution in [-0.2, 0) is 6.54 Å². The van der Waals surface area contributed by atoms with Crippen molar-refractivity contribution in [2.75, 3.05) is 12.4 Å². The number of hydrogen-bond donors (Lipinski definition) is 0. The van der Waals surface area contributed by atoms with Crippen LogP contribution in [0.4, 0.5) is 5.95 Å². The fourth-order valence-corrected chi connectivity index (χ4v) is 4.07. The lowest BCUT2D eigenvalue weighted by Crippen LogP contribution is -2.07. The van der Waals surface area contributed by atoms with E-state index < -0.39 is 4.92 Å². The van der Waals surface area contributed by atoms with Crippen molar-refractivity contribution in [3.05, 3.63) is 63.4 Å². The number of nitrogens with zero attached hydrogens (tertiary/aromatic N) is 4. The average molecular weight is 390 g/mol. The summed E-state index contributed by atoms with van der Waals surface area (Å²) in [6, 6.07) is 5.78. The molecule has 0 amide bonds. The van der Waals surface area contributed by atoms with Crippen molar-refractivity contribution in [2.45, 2.75) is 24.2 Å². The van der Waals surface area contributed by atoms with E-state index >= 15 is 0 Å².